The molecule has 0 spiro atoms. The number of thioether (sulfide) groups is 1. The Bertz CT molecular complexity index is 578. The first-order valence-corrected chi connectivity index (χ1v) is 9.89. The molecule has 1 rings (SSSR count). The Labute approximate surface area is 139 Å². The van der Waals surface area contributed by atoms with Crippen molar-refractivity contribution in [3.8, 4) is 0 Å². The number of benzene rings is 1. The van der Waals surface area contributed by atoms with Gasteiger partial charge >= 0.3 is 0 Å². The van der Waals surface area contributed by atoms with Gasteiger partial charge in [-0.1, -0.05) is 23.2 Å². The van der Waals surface area contributed by atoms with Crippen LogP contribution < -0.4 is 0 Å². The van der Waals surface area contributed by atoms with Gasteiger partial charge in [-0.3, -0.25) is 0 Å². The molecule has 0 amide bonds. The lowest BCUT2D eigenvalue weighted by Crippen LogP contribution is -2.36. The van der Waals surface area contributed by atoms with Crippen molar-refractivity contribution in [3.63, 3.8) is 0 Å². The van der Waals surface area contributed by atoms with Gasteiger partial charge in [-0.05, 0) is 25.3 Å². The highest BCUT2D eigenvalue weighted by molar-refractivity contribution is 7.98. The molecular weight excluding hydrogens is 361 g/mol. The van der Waals surface area contributed by atoms with E-state index in [0.29, 0.717) is 16.3 Å². The van der Waals surface area contributed by atoms with E-state index in [9.17, 15) is 8.42 Å². The summed E-state index contributed by atoms with van der Waals surface area (Å²) in [6, 6.07) is 2.78. The van der Waals surface area contributed by atoms with Crippen molar-refractivity contribution in [2.45, 2.75) is 23.7 Å². The molecule has 1 atom stereocenters. The maximum Gasteiger partial charge on any atom is 0.244 e. The summed E-state index contributed by atoms with van der Waals surface area (Å²) < 4.78 is 26.5. The Morgan fingerprint density at radius 2 is 1.95 bits per heavy atom. The summed E-state index contributed by atoms with van der Waals surface area (Å²) in [5.74, 6) is 0.758. The lowest BCUT2D eigenvalue weighted by molar-refractivity contribution is 0.415. The molecule has 0 radical (unpaired) electrons. The summed E-state index contributed by atoms with van der Waals surface area (Å²) in [6.07, 6.45) is 1.93. The van der Waals surface area contributed by atoms with Crippen LogP contribution in [0.4, 0.5) is 0 Å². The quantitative estimate of drug-likeness (QED) is 0.701. The second kappa shape index (κ2) is 7.56. The van der Waals surface area contributed by atoms with Crippen molar-refractivity contribution in [1.29, 1.82) is 0 Å². The van der Waals surface area contributed by atoms with Gasteiger partial charge in [-0.2, -0.15) is 16.1 Å². The Morgan fingerprint density at radius 1 is 1.35 bits per heavy atom. The first-order valence-electron chi connectivity index (χ1n) is 5.77. The summed E-state index contributed by atoms with van der Waals surface area (Å²) in [5, 5.41) is 0.458. The predicted molar refractivity (Wildman–Crippen MR) is 88.8 cm³/mol. The maximum atomic E-state index is 12.6. The lowest BCUT2D eigenvalue weighted by atomic mass is 10.2. The summed E-state index contributed by atoms with van der Waals surface area (Å²) in [6.45, 7) is 1.85. The van der Waals surface area contributed by atoms with Crippen LogP contribution in [-0.2, 0) is 15.9 Å². The highest BCUT2D eigenvalue weighted by atomic mass is 35.5. The molecule has 20 heavy (non-hydrogen) atoms. The van der Waals surface area contributed by atoms with E-state index < -0.39 is 10.0 Å². The van der Waals surface area contributed by atoms with Crippen molar-refractivity contribution in [2.75, 3.05) is 19.1 Å². The number of hydrogen-bond donors (Lipinski definition) is 0. The average Bonchev–Trinajstić information content (AvgIpc) is 2.38. The van der Waals surface area contributed by atoms with E-state index >= 15 is 0 Å². The van der Waals surface area contributed by atoms with E-state index in [2.05, 4.69) is 0 Å². The molecule has 1 aromatic rings. The number of sulfonamides is 1. The molecule has 1 aromatic carbocycles. The van der Waals surface area contributed by atoms with Crippen LogP contribution in [0.1, 0.15) is 12.5 Å². The smallest absolute Gasteiger partial charge is 0.207 e. The highest BCUT2D eigenvalue weighted by Crippen LogP contribution is 2.33. The SMILES string of the molecule is CSCC(C)N(C)S(=O)(=O)c1ccc(Cl)c(CCl)c1Cl. The van der Waals surface area contributed by atoms with Crippen LogP contribution in [0.15, 0.2) is 17.0 Å². The molecule has 0 aliphatic heterocycles. The molecule has 0 heterocycles. The molecule has 114 valence electrons. The van der Waals surface area contributed by atoms with Gasteiger partial charge in [0.25, 0.3) is 0 Å². The van der Waals surface area contributed by atoms with Crippen LogP contribution in [0.2, 0.25) is 10.0 Å². The van der Waals surface area contributed by atoms with E-state index in [1.54, 1.807) is 18.8 Å². The van der Waals surface area contributed by atoms with E-state index in [0.717, 1.165) is 0 Å². The fourth-order valence-electron chi connectivity index (χ4n) is 1.64. The van der Waals surface area contributed by atoms with Crippen LogP contribution >= 0.6 is 46.6 Å². The summed E-state index contributed by atoms with van der Waals surface area (Å²) in [4.78, 5) is 0.0367. The minimum Gasteiger partial charge on any atom is -0.207 e. The molecule has 0 N–H and O–H groups in total. The number of nitrogens with zero attached hydrogens (tertiary/aromatic N) is 1. The minimum atomic E-state index is -3.67. The molecule has 3 nitrogen and oxygen atoms in total. The third-order valence-electron chi connectivity index (χ3n) is 2.97. The summed E-state index contributed by atoms with van der Waals surface area (Å²) in [5.41, 5.74) is 0.432. The first-order chi connectivity index (χ1) is 9.27. The van der Waals surface area contributed by atoms with Crippen molar-refractivity contribution in [3.05, 3.63) is 27.7 Å². The van der Waals surface area contributed by atoms with Crippen LogP contribution in [0.5, 0.6) is 0 Å². The molecular formula is C12H16Cl3NO2S2. The number of alkyl halides is 1. The molecule has 0 aromatic heterocycles. The van der Waals surface area contributed by atoms with Crippen molar-refractivity contribution >= 4 is 56.6 Å². The fourth-order valence-corrected chi connectivity index (χ4v) is 5.10. The molecule has 0 aliphatic rings. The average molecular weight is 377 g/mol. The second-order valence-electron chi connectivity index (χ2n) is 4.30. The zero-order chi connectivity index (χ0) is 15.5. The van der Waals surface area contributed by atoms with Gasteiger partial charge in [0.05, 0.1) is 10.9 Å². The second-order valence-corrected chi connectivity index (χ2v) is 8.23. The van der Waals surface area contributed by atoms with Gasteiger partial charge in [-0.15, -0.1) is 11.6 Å². The van der Waals surface area contributed by atoms with Gasteiger partial charge in [0.1, 0.15) is 4.90 Å². The number of rotatable bonds is 6. The lowest BCUT2D eigenvalue weighted by Gasteiger charge is -2.24. The monoisotopic (exact) mass is 375 g/mol. The van der Waals surface area contributed by atoms with Gasteiger partial charge in [0.15, 0.2) is 0 Å². The summed E-state index contributed by atoms with van der Waals surface area (Å²) in [7, 11) is -2.13. The molecule has 1 unspecified atom stereocenters. The van der Waals surface area contributed by atoms with Crippen LogP contribution in [0.25, 0.3) is 0 Å². The third kappa shape index (κ3) is 3.76. The molecule has 0 aliphatic carbocycles. The molecule has 0 bridgehead atoms. The fraction of sp³-hybridized carbons (Fsp3) is 0.500. The van der Waals surface area contributed by atoms with Crippen LogP contribution in [-0.4, -0.2) is 37.8 Å². The minimum absolute atomic E-state index is 0.0367. The van der Waals surface area contributed by atoms with E-state index in [1.165, 1.54) is 16.4 Å². The zero-order valence-corrected chi connectivity index (χ0v) is 15.3. The number of hydrogen-bond acceptors (Lipinski definition) is 3. The normalized spacial score (nSPS) is 13.8. The molecule has 0 fully saturated rings. The van der Waals surface area contributed by atoms with E-state index in [-0.39, 0.29) is 21.8 Å². The first kappa shape index (κ1) is 18.4. The zero-order valence-electron chi connectivity index (χ0n) is 11.4. The van der Waals surface area contributed by atoms with Crippen LogP contribution in [0.3, 0.4) is 0 Å². The topological polar surface area (TPSA) is 37.4 Å². The highest BCUT2D eigenvalue weighted by Gasteiger charge is 2.28. The maximum absolute atomic E-state index is 12.6. The van der Waals surface area contributed by atoms with Gasteiger partial charge in [0, 0.05) is 29.4 Å². The largest absolute Gasteiger partial charge is 0.244 e. The van der Waals surface area contributed by atoms with Gasteiger partial charge in [-0.25, -0.2) is 8.42 Å². The molecule has 0 saturated heterocycles. The Hall–Kier alpha value is 0.350. The number of halogens is 3. The Kier molecular flexibility index (Phi) is 6.96. The van der Waals surface area contributed by atoms with Crippen molar-refractivity contribution in [2.24, 2.45) is 0 Å². The van der Waals surface area contributed by atoms with E-state index in [1.807, 2.05) is 13.2 Å². The van der Waals surface area contributed by atoms with Gasteiger partial charge in [0.2, 0.25) is 10.0 Å². The van der Waals surface area contributed by atoms with Crippen LogP contribution in [0, 0.1) is 0 Å². The third-order valence-corrected chi connectivity index (χ3v) is 6.96. The Balaban J connectivity index is 3.29. The molecule has 0 saturated carbocycles. The predicted octanol–water partition coefficient (Wildman–Crippen LogP) is 4.10. The summed E-state index contributed by atoms with van der Waals surface area (Å²) >= 11 is 19.5. The standard InChI is InChI=1S/C12H16Cl3NO2S2/c1-8(7-19-3)16(2)20(17,18)11-5-4-10(14)9(6-13)12(11)15/h4-5,8H,6-7H2,1-3H3. The Morgan fingerprint density at radius 3 is 2.45 bits per heavy atom. The van der Waals surface area contributed by atoms with E-state index in [4.69, 9.17) is 34.8 Å². The van der Waals surface area contributed by atoms with Crippen molar-refractivity contribution < 1.29 is 8.42 Å². The van der Waals surface area contributed by atoms with Gasteiger partial charge < -0.3 is 0 Å². The van der Waals surface area contributed by atoms with Crippen molar-refractivity contribution in [1.82, 2.24) is 4.31 Å². The molecule has 8 heteroatoms.